The third-order valence-electron chi connectivity index (χ3n) is 3.99. The van der Waals surface area contributed by atoms with Crippen molar-refractivity contribution in [1.82, 2.24) is 10.6 Å². The largest absolute Gasteiger partial charge is 0.388 e. The van der Waals surface area contributed by atoms with Crippen LogP contribution in [0.1, 0.15) is 44.9 Å². The van der Waals surface area contributed by atoms with Gasteiger partial charge in [0.2, 0.25) is 5.91 Å². The fourth-order valence-electron chi connectivity index (χ4n) is 2.65. The van der Waals surface area contributed by atoms with Crippen molar-refractivity contribution in [2.75, 3.05) is 19.6 Å². The molecule has 0 bridgehead atoms. The smallest absolute Gasteiger partial charge is 0.220 e. The first kappa shape index (κ1) is 12.8. The van der Waals surface area contributed by atoms with Gasteiger partial charge < -0.3 is 15.7 Å². The zero-order valence-corrected chi connectivity index (χ0v) is 10.5. The summed E-state index contributed by atoms with van der Waals surface area (Å²) in [7, 11) is 0. The second-order valence-electron chi connectivity index (χ2n) is 5.64. The molecule has 0 atom stereocenters. The van der Waals surface area contributed by atoms with E-state index < -0.39 is 5.60 Å². The summed E-state index contributed by atoms with van der Waals surface area (Å²) in [5.74, 6) is 0.591. The number of rotatable bonds is 4. The summed E-state index contributed by atoms with van der Waals surface area (Å²) in [6.07, 6.45) is 6.85. The van der Waals surface area contributed by atoms with Gasteiger partial charge in [0.1, 0.15) is 0 Å². The normalized spacial score (nSPS) is 24.8. The van der Waals surface area contributed by atoms with Gasteiger partial charge in [-0.1, -0.05) is 25.7 Å². The van der Waals surface area contributed by atoms with Crippen LogP contribution in [-0.2, 0) is 4.79 Å². The molecule has 2 fully saturated rings. The molecule has 4 heteroatoms. The van der Waals surface area contributed by atoms with Crippen molar-refractivity contribution in [3.8, 4) is 0 Å². The summed E-state index contributed by atoms with van der Waals surface area (Å²) in [4.78, 5) is 11.7. The number of amides is 1. The van der Waals surface area contributed by atoms with Crippen molar-refractivity contribution >= 4 is 5.91 Å². The Hall–Kier alpha value is -0.610. The van der Waals surface area contributed by atoms with Gasteiger partial charge in [0.15, 0.2) is 0 Å². The molecule has 1 saturated carbocycles. The van der Waals surface area contributed by atoms with E-state index in [0.29, 0.717) is 18.9 Å². The van der Waals surface area contributed by atoms with Crippen LogP contribution in [0, 0.1) is 5.92 Å². The van der Waals surface area contributed by atoms with Crippen molar-refractivity contribution in [2.45, 2.75) is 50.5 Å². The van der Waals surface area contributed by atoms with Gasteiger partial charge in [-0.2, -0.15) is 0 Å². The first-order chi connectivity index (χ1) is 8.18. The van der Waals surface area contributed by atoms with E-state index in [-0.39, 0.29) is 5.91 Å². The second kappa shape index (κ2) is 5.83. The molecule has 98 valence electrons. The van der Waals surface area contributed by atoms with E-state index in [1.54, 1.807) is 0 Å². The summed E-state index contributed by atoms with van der Waals surface area (Å²) in [6.45, 7) is 2.35. The first-order valence-corrected chi connectivity index (χ1v) is 6.88. The molecule has 1 amide bonds. The third-order valence-corrected chi connectivity index (χ3v) is 3.99. The van der Waals surface area contributed by atoms with Gasteiger partial charge in [-0.15, -0.1) is 0 Å². The van der Waals surface area contributed by atoms with Crippen LogP contribution in [0.4, 0.5) is 0 Å². The number of nitrogens with one attached hydrogen (secondary N) is 2. The van der Waals surface area contributed by atoms with Gasteiger partial charge in [-0.05, 0) is 31.8 Å². The number of carbonyl (C=O) groups excluding carboxylic acids is 1. The minimum atomic E-state index is -0.649. The topological polar surface area (TPSA) is 61.4 Å². The molecule has 1 aliphatic carbocycles. The highest BCUT2D eigenvalue weighted by Crippen LogP contribution is 2.26. The van der Waals surface area contributed by atoms with Gasteiger partial charge in [-0.3, -0.25) is 4.79 Å². The van der Waals surface area contributed by atoms with Gasteiger partial charge in [0.25, 0.3) is 0 Å². The quantitative estimate of drug-likeness (QED) is 0.637. The van der Waals surface area contributed by atoms with E-state index >= 15 is 0 Å². The zero-order valence-electron chi connectivity index (χ0n) is 10.5. The minimum absolute atomic E-state index is 0.0918. The van der Waals surface area contributed by atoms with Crippen LogP contribution in [0.3, 0.4) is 0 Å². The van der Waals surface area contributed by atoms with Gasteiger partial charge in [-0.25, -0.2) is 0 Å². The van der Waals surface area contributed by atoms with E-state index in [2.05, 4.69) is 10.6 Å². The first-order valence-electron chi connectivity index (χ1n) is 6.88. The fraction of sp³-hybridized carbons (Fsp3) is 0.923. The Kier molecular flexibility index (Phi) is 4.40. The average Bonchev–Trinajstić information content (AvgIpc) is 2.47. The van der Waals surface area contributed by atoms with Crippen LogP contribution in [0.25, 0.3) is 0 Å². The predicted octanol–water partition coefficient (Wildman–Crippen LogP) is 0.797. The predicted molar refractivity (Wildman–Crippen MR) is 66.6 cm³/mol. The molecule has 0 aromatic heterocycles. The van der Waals surface area contributed by atoms with Crippen molar-refractivity contribution in [3.05, 3.63) is 0 Å². The summed E-state index contributed by atoms with van der Waals surface area (Å²) >= 11 is 0. The van der Waals surface area contributed by atoms with Gasteiger partial charge >= 0.3 is 0 Å². The summed E-state index contributed by atoms with van der Waals surface area (Å²) in [5.41, 5.74) is -0.649. The zero-order chi connectivity index (χ0) is 12.1. The van der Waals surface area contributed by atoms with Crippen molar-refractivity contribution in [2.24, 2.45) is 5.92 Å². The highest BCUT2D eigenvalue weighted by atomic mass is 16.3. The molecule has 0 aromatic carbocycles. The average molecular weight is 240 g/mol. The SMILES string of the molecule is O=C(CC1CNC1)NCC1(O)CCCCCC1. The van der Waals surface area contributed by atoms with E-state index in [1.165, 1.54) is 12.8 Å². The fourth-order valence-corrected chi connectivity index (χ4v) is 2.65. The van der Waals surface area contributed by atoms with Crippen LogP contribution in [0.5, 0.6) is 0 Å². The Morgan fingerprint density at radius 3 is 2.41 bits per heavy atom. The Balaban J connectivity index is 1.69. The highest BCUT2D eigenvalue weighted by molar-refractivity contribution is 5.76. The van der Waals surface area contributed by atoms with Gasteiger partial charge in [0, 0.05) is 13.0 Å². The Labute approximate surface area is 103 Å². The van der Waals surface area contributed by atoms with E-state index in [0.717, 1.165) is 38.8 Å². The monoisotopic (exact) mass is 240 g/mol. The van der Waals surface area contributed by atoms with E-state index in [1.807, 2.05) is 0 Å². The molecule has 2 rings (SSSR count). The maximum atomic E-state index is 11.7. The number of hydrogen-bond donors (Lipinski definition) is 3. The van der Waals surface area contributed by atoms with Crippen LogP contribution in [0.15, 0.2) is 0 Å². The maximum Gasteiger partial charge on any atom is 0.220 e. The van der Waals surface area contributed by atoms with Gasteiger partial charge in [0.05, 0.1) is 5.60 Å². The van der Waals surface area contributed by atoms with Crippen molar-refractivity contribution < 1.29 is 9.90 Å². The van der Waals surface area contributed by atoms with Crippen molar-refractivity contribution in [1.29, 1.82) is 0 Å². The molecule has 1 aliphatic heterocycles. The molecule has 3 N–H and O–H groups in total. The Bertz CT molecular complexity index is 256. The number of aliphatic hydroxyl groups is 1. The second-order valence-corrected chi connectivity index (χ2v) is 5.64. The molecule has 2 aliphatic rings. The Morgan fingerprint density at radius 1 is 1.24 bits per heavy atom. The molecule has 4 nitrogen and oxygen atoms in total. The maximum absolute atomic E-state index is 11.7. The molecule has 1 heterocycles. The molecule has 0 aromatic rings. The van der Waals surface area contributed by atoms with E-state index in [4.69, 9.17) is 0 Å². The molecule has 0 spiro atoms. The minimum Gasteiger partial charge on any atom is -0.388 e. The molecule has 0 unspecified atom stereocenters. The molecule has 17 heavy (non-hydrogen) atoms. The lowest BCUT2D eigenvalue weighted by atomic mass is 9.94. The highest BCUT2D eigenvalue weighted by Gasteiger charge is 2.29. The third kappa shape index (κ3) is 3.96. The lowest BCUT2D eigenvalue weighted by Gasteiger charge is -2.29. The van der Waals surface area contributed by atoms with E-state index in [9.17, 15) is 9.90 Å². The van der Waals surface area contributed by atoms with Crippen LogP contribution in [0.2, 0.25) is 0 Å². The van der Waals surface area contributed by atoms with Crippen molar-refractivity contribution in [3.63, 3.8) is 0 Å². The molecule has 1 saturated heterocycles. The van der Waals surface area contributed by atoms with Crippen LogP contribution in [-0.4, -0.2) is 36.2 Å². The Morgan fingerprint density at radius 2 is 1.88 bits per heavy atom. The standard InChI is InChI=1S/C13H24N2O2/c16-12(7-11-8-14-9-11)15-10-13(17)5-3-1-2-4-6-13/h11,14,17H,1-10H2,(H,15,16). The summed E-state index contributed by atoms with van der Waals surface area (Å²) in [6, 6.07) is 0. The number of hydrogen-bond acceptors (Lipinski definition) is 3. The molecule has 0 radical (unpaired) electrons. The summed E-state index contributed by atoms with van der Waals surface area (Å²) < 4.78 is 0. The lowest BCUT2D eigenvalue weighted by molar-refractivity contribution is -0.123. The molecular formula is C13H24N2O2. The molecular weight excluding hydrogens is 216 g/mol. The lowest BCUT2D eigenvalue weighted by Crippen LogP contribution is -2.47. The number of carbonyl (C=O) groups is 1. The summed E-state index contributed by atoms with van der Waals surface area (Å²) in [5, 5.41) is 16.4. The van der Waals surface area contributed by atoms with Crippen LogP contribution < -0.4 is 10.6 Å². The van der Waals surface area contributed by atoms with Crippen LogP contribution >= 0.6 is 0 Å².